The van der Waals surface area contributed by atoms with Gasteiger partial charge >= 0.3 is 0 Å². The van der Waals surface area contributed by atoms with Crippen molar-refractivity contribution in [2.24, 2.45) is 13.0 Å². The zero-order valence-corrected chi connectivity index (χ0v) is 14.4. The zero-order valence-electron chi connectivity index (χ0n) is 14.4. The quantitative estimate of drug-likeness (QED) is 0.848. The zero-order chi connectivity index (χ0) is 16.5. The molecular weight excluding hydrogens is 300 g/mol. The summed E-state index contributed by atoms with van der Waals surface area (Å²) in [7, 11) is 2.12. The number of rotatable bonds is 2. The van der Waals surface area contributed by atoms with E-state index in [1.54, 1.807) is 0 Å². The highest BCUT2D eigenvalue weighted by atomic mass is 16.5. The normalized spacial score (nSPS) is 20.6. The van der Waals surface area contributed by atoms with Crippen LogP contribution in [-0.2, 0) is 16.6 Å². The number of benzene rings is 1. The van der Waals surface area contributed by atoms with Crippen LogP contribution in [0.2, 0.25) is 0 Å². The molecule has 0 radical (unpaired) electrons. The summed E-state index contributed by atoms with van der Waals surface area (Å²) in [4.78, 5) is 14.8. The van der Waals surface area contributed by atoms with Gasteiger partial charge in [-0.05, 0) is 43.2 Å². The summed E-state index contributed by atoms with van der Waals surface area (Å²) >= 11 is 0. The summed E-state index contributed by atoms with van der Waals surface area (Å²) in [6, 6.07) is 8.63. The highest BCUT2D eigenvalue weighted by Gasteiger charge is 2.30. The SMILES string of the molecule is Cn1cc(C2CCN(C(=O)C3CCOCC3)CC2)c2ccccc21. The molecule has 128 valence electrons. The average molecular weight is 326 g/mol. The molecule has 2 aliphatic heterocycles. The van der Waals surface area contributed by atoms with Crippen molar-refractivity contribution in [3.63, 3.8) is 0 Å². The predicted octanol–water partition coefficient (Wildman–Crippen LogP) is 3.31. The maximum absolute atomic E-state index is 12.7. The number of fused-ring (bicyclic) bond motifs is 1. The fourth-order valence-corrected chi connectivity index (χ4v) is 4.31. The average Bonchev–Trinajstić information content (AvgIpc) is 2.99. The Morgan fingerprint density at radius 2 is 1.79 bits per heavy atom. The smallest absolute Gasteiger partial charge is 0.225 e. The van der Waals surface area contributed by atoms with Gasteiger partial charge in [-0.3, -0.25) is 4.79 Å². The highest BCUT2D eigenvalue weighted by Crippen LogP contribution is 2.34. The number of aryl methyl sites for hydroxylation is 1. The molecule has 0 bridgehead atoms. The van der Waals surface area contributed by atoms with E-state index in [1.807, 2.05) is 0 Å². The van der Waals surface area contributed by atoms with Crippen LogP contribution in [0.1, 0.15) is 37.2 Å². The molecule has 1 amide bonds. The first-order valence-electron chi connectivity index (χ1n) is 9.14. The van der Waals surface area contributed by atoms with Crippen LogP contribution in [0.5, 0.6) is 0 Å². The lowest BCUT2D eigenvalue weighted by Crippen LogP contribution is -2.42. The van der Waals surface area contributed by atoms with Gasteiger partial charge in [0.1, 0.15) is 0 Å². The van der Waals surface area contributed by atoms with E-state index in [9.17, 15) is 4.79 Å². The molecule has 0 aliphatic carbocycles. The second-order valence-corrected chi connectivity index (χ2v) is 7.20. The van der Waals surface area contributed by atoms with E-state index in [1.165, 1.54) is 16.5 Å². The molecular formula is C20H26N2O2. The summed E-state index contributed by atoms with van der Waals surface area (Å²) in [6.07, 6.45) is 6.21. The Labute approximate surface area is 143 Å². The van der Waals surface area contributed by atoms with E-state index in [-0.39, 0.29) is 5.92 Å². The molecule has 3 heterocycles. The van der Waals surface area contributed by atoms with Crippen molar-refractivity contribution in [2.45, 2.75) is 31.6 Å². The minimum atomic E-state index is 0.188. The lowest BCUT2D eigenvalue weighted by Gasteiger charge is -2.35. The molecule has 4 rings (SSSR count). The molecule has 0 atom stereocenters. The third kappa shape index (κ3) is 2.84. The van der Waals surface area contributed by atoms with Crippen molar-refractivity contribution in [1.82, 2.24) is 9.47 Å². The molecule has 0 unspecified atom stereocenters. The van der Waals surface area contributed by atoms with Gasteiger partial charge in [-0.1, -0.05) is 18.2 Å². The van der Waals surface area contributed by atoms with Crippen molar-refractivity contribution in [3.8, 4) is 0 Å². The lowest BCUT2D eigenvalue weighted by molar-refractivity contribution is -0.139. The first-order chi connectivity index (χ1) is 11.7. The van der Waals surface area contributed by atoms with Crippen LogP contribution in [0.3, 0.4) is 0 Å². The molecule has 2 saturated heterocycles. The second-order valence-electron chi connectivity index (χ2n) is 7.20. The number of hydrogen-bond donors (Lipinski definition) is 0. The molecule has 0 saturated carbocycles. The molecule has 0 N–H and O–H groups in total. The lowest BCUT2D eigenvalue weighted by atomic mass is 9.88. The molecule has 0 spiro atoms. The summed E-state index contributed by atoms with van der Waals surface area (Å²) in [5, 5.41) is 1.37. The van der Waals surface area contributed by atoms with Gasteiger partial charge in [0.2, 0.25) is 5.91 Å². The Balaban J connectivity index is 1.45. The van der Waals surface area contributed by atoms with Crippen LogP contribution in [0.25, 0.3) is 10.9 Å². The Morgan fingerprint density at radius 3 is 2.54 bits per heavy atom. The number of piperidine rings is 1. The standard InChI is InChI=1S/C20H26N2O2/c1-21-14-18(17-4-2-3-5-19(17)21)15-6-10-22(11-7-15)20(23)16-8-12-24-13-9-16/h2-5,14-16H,6-13H2,1H3. The van der Waals surface area contributed by atoms with E-state index >= 15 is 0 Å². The summed E-state index contributed by atoms with van der Waals surface area (Å²) in [5.41, 5.74) is 2.75. The van der Waals surface area contributed by atoms with Gasteiger partial charge in [-0.2, -0.15) is 0 Å². The molecule has 4 heteroatoms. The Kier molecular flexibility index (Phi) is 4.31. The summed E-state index contributed by atoms with van der Waals surface area (Å²) < 4.78 is 7.61. The topological polar surface area (TPSA) is 34.5 Å². The van der Waals surface area contributed by atoms with E-state index in [0.29, 0.717) is 11.8 Å². The number of aromatic nitrogens is 1. The van der Waals surface area contributed by atoms with Crippen molar-refractivity contribution < 1.29 is 9.53 Å². The van der Waals surface area contributed by atoms with E-state index in [0.717, 1.165) is 52.0 Å². The summed E-state index contributed by atoms with van der Waals surface area (Å²) in [6.45, 7) is 3.26. The molecule has 4 nitrogen and oxygen atoms in total. The van der Waals surface area contributed by atoms with Gasteiger partial charge in [0.05, 0.1) is 0 Å². The van der Waals surface area contributed by atoms with E-state index in [2.05, 4.69) is 47.0 Å². The van der Waals surface area contributed by atoms with Crippen LogP contribution in [0.4, 0.5) is 0 Å². The van der Waals surface area contributed by atoms with Crippen LogP contribution in [0, 0.1) is 5.92 Å². The number of likely N-dealkylation sites (tertiary alicyclic amines) is 1. The Bertz CT molecular complexity index is 722. The molecule has 2 fully saturated rings. The molecule has 1 aromatic carbocycles. The van der Waals surface area contributed by atoms with Crippen molar-refractivity contribution in [1.29, 1.82) is 0 Å². The number of nitrogens with zero attached hydrogens (tertiary/aromatic N) is 2. The van der Waals surface area contributed by atoms with Crippen molar-refractivity contribution in [2.75, 3.05) is 26.3 Å². The Hall–Kier alpha value is -1.81. The monoisotopic (exact) mass is 326 g/mol. The minimum Gasteiger partial charge on any atom is -0.381 e. The number of para-hydroxylation sites is 1. The molecule has 2 aliphatic rings. The Morgan fingerprint density at radius 1 is 1.08 bits per heavy atom. The van der Waals surface area contributed by atoms with Gasteiger partial charge in [0.15, 0.2) is 0 Å². The first-order valence-corrected chi connectivity index (χ1v) is 9.14. The number of amides is 1. The first kappa shape index (κ1) is 15.7. The fourth-order valence-electron chi connectivity index (χ4n) is 4.31. The van der Waals surface area contributed by atoms with Gasteiger partial charge in [0.25, 0.3) is 0 Å². The number of ether oxygens (including phenoxy) is 1. The molecule has 1 aromatic heterocycles. The highest BCUT2D eigenvalue weighted by molar-refractivity contribution is 5.84. The molecule has 24 heavy (non-hydrogen) atoms. The predicted molar refractivity (Wildman–Crippen MR) is 95.0 cm³/mol. The van der Waals surface area contributed by atoms with Crippen LogP contribution >= 0.6 is 0 Å². The van der Waals surface area contributed by atoms with Gasteiger partial charge in [0, 0.05) is 56.4 Å². The number of carbonyl (C=O) groups excluding carboxylic acids is 1. The minimum absolute atomic E-state index is 0.188. The fraction of sp³-hybridized carbons (Fsp3) is 0.550. The second kappa shape index (κ2) is 6.60. The van der Waals surface area contributed by atoms with Crippen molar-refractivity contribution in [3.05, 3.63) is 36.0 Å². The van der Waals surface area contributed by atoms with Crippen molar-refractivity contribution >= 4 is 16.8 Å². The van der Waals surface area contributed by atoms with E-state index in [4.69, 9.17) is 4.74 Å². The third-order valence-electron chi connectivity index (χ3n) is 5.74. The van der Waals surface area contributed by atoms with Gasteiger partial charge < -0.3 is 14.2 Å². The van der Waals surface area contributed by atoms with Crippen LogP contribution in [0.15, 0.2) is 30.5 Å². The molecule has 2 aromatic rings. The largest absolute Gasteiger partial charge is 0.381 e. The summed E-state index contributed by atoms with van der Waals surface area (Å²) in [5.74, 6) is 1.11. The van der Waals surface area contributed by atoms with Crippen LogP contribution < -0.4 is 0 Å². The van der Waals surface area contributed by atoms with Gasteiger partial charge in [-0.25, -0.2) is 0 Å². The van der Waals surface area contributed by atoms with Crippen LogP contribution in [-0.4, -0.2) is 41.7 Å². The maximum atomic E-state index is 12.7. The number of hydrogen-bond acceptors (Lipinski definition) is 2. The number of carbonyl (C=O) groups is 1. The maximum Gasteiger partial charge on any atom is 0.225 e. The third-order valence-corrected chi connectivity index (χ3v) is 5.74. The van der Waals surface area contributed by atoms with E-state index < -0.39 is 0 Å². The van der Waals surface area contributed by atoms with Gasteiger partial charge in [-0.15, -0.1) is 0 Å².